The maximum atomic E-state index is 11.1. The van der Waals surface area contributed by atoms with E-state index in [1.165, 1.54) is 5.56 Å². The third-order valence-electron chi connectivity index (χ3n) is 3.67. The standard InChI is InChI=1S/C20H26N2O3/c1-14(2)24-19-12-22-20(13-21-19)25-18-9-7-17(8-10-18)6-5-15(3)11-16(4)23/h7-10,12-15H,5-6,11H2,1-4H3. The van der Waals surface area contributed by atoms with E-state index in [4.69, 9.17) is 9.47 Å². The number of benzene rings is 1. The lowest BCUT2D eigenvalue weighted by Crippen LogP contribution is -2.07. The van der Waals surface area contributed by atoms with Crippen LogP contribution in [0, 0.1) is 5.92 Å². The Morgan fingerprint density at radius 1 is 1.04 bits per heavy atom. The number of hydrogen-bond acceptors (Lipinski definition) is 5. The van der Waals surface area contributed by atoms with E-state index in [2.05, 4.69) is 16.9 Å². The van der Waals surface area contributed by atoms with Crippen LogP contribution in [0.25, 0.3) is 0 Å². The van der Waals surface area contributed by atoms with Crippen molar-refractivity contribution in [2.75, 3.05) is 0 Å². The number of ketones is 1. The molecule has 25 heavy (non-hydrogen) atoms. The first-order valence-electron chi connectivity index (χ1n) is 8.67. The molecule has 0 spiro atoms. The molecule has 134 valence electrons. The smallest absolute Gasteiger partial charge is 0.238 e. The highest BCUT2D eigenvalue weighted by Gasteiger charge is 2.07. The fourth-order valence-electron chi connectivity index (χ4n) is 2.51. The summed E-state index contributed by atoms with van der Waals surface area (Å²) in [6.45, 7) is 7.64. The highest BCUT2D eigenvalue weighted by Crippen LogP contribution is 2.21. The first kappa shape index (κ1) is 18.9. The molecule has 1 aromatic carbocycles. The summed E-state index contributed by atoms with van der Waals surface area (Å²) in [4.78, 5) is 19.5. The second-order valence-electron chi connectivity index (χ2n) is 6.66. The van der Waals surface area contributed by atoms with Crippen molar-refractivity contribution >= 4 is 5.78 Å². The zero-order chi connectivity index (χ0) is 18.2. The summed E-state index contributed by atoms with van der Waals surface area (Å²) in [6.07, 6.45) is 5.77. The second kappa shape index (κ2) is 9.16. The second-order valence-corrected chi connectivity index (χ2v) is 6.66. The molecule has 0 fully saturated rings. The van der Waals surface area contributed by atoms with Gasteiger partial charge in [0.2, 0.25) is 11.8 Å². The molecule has 1 unspecified atom stereocenters. The van der Waals surface area contributed by atoms with Crippen molar-refractivity contribution in [3.8, 4) is 17.5 Å². The van der Waals surface area contributed by atoms with Crippen LogP contribution in [-0.4, -0.2) is 21.9 Å². The molecule has 0 aliphatic heterocycles. The lowest BCUT2D eigenvalue weighted by atomic mass is 9.97. The van der Waals surface area contributed by atoms with E-state index in [0.29, 0.717) is 29.8 Å². The number of Topliss-reactive ketones (excluding diaryl/α,β-unsaturated/α-hetero) is 1. The summed E-state index contributed by atoms with van der Waals surface area (Å²) in [5.74, 6) is 2.29. The van der Waals surface area contributed by atoms with Crippen molar-refractivity contribution in [3.05, 3.63) is 42.2 Å². The van der Waals surface area contributed by atoms with Gasteiger partial charge in [0.25, 0.3) is 0 Å². The predicted molar refractivity (Wildman–Crippen MR) is 97.1 cm³/mol. The van der Waals surface area contributed by atoms with Gasteiger partial charge in [0.15, 0.2) is 0 Å². The van der Waals surface area contributed by atoms with E-state index in [1.54, 1.807) is 19.3 Å². The highest BCUT2D eigenvalue weighted by molar-refractivity contribution is 5.75. The van der Waals surface area contributed by atoms with Crippen LogP contribution < -0.4 is 9.47 Å². The molecule has 0 amide bonds. The van der Waals surface area contributed by atoms with Gasteiger partial charge in [-0.05, 0) is 57.2 Å². The van der Waals surface area contributed by atoms with E-state index in [9.17, 15) is 4.79 Å². The van der Waals surface area contributed by atoms with Crippen molar-refractivity contribution in [2.24, 2.45) is 5.92 Å². The van der Waals surface area contributed by atoms with Gasteiger partial charge in [-0.2, -0.15) is 0 Å². The van der Waals surface area contributed by atoms with E-state index < -0.39 is 0 Å². The van der Waals surface area contributed by atoms with Crippen LogP contribution in [0.5, 0.6) is 17.5 Å². The number of ether oxygens (including phenoxy) is 2. The Morgan fingerprint density at radius 2 is 1.68 bits per heavy atom. The number of carbonyl (C=O) groups is 1. The summed E-state index contributed by atoms with van der Waals surface area (Å²) in [5, 5.41) is 0. The molecule has 0 N–H and O–H groups in total. The minimum atomic E-state index is 0.0618. The lowest BCUT2D eigenvalue weighted by Gasteiger charge is -2.10. The monoisotopic (exact) mass is 342 g/mol. The molecule has 0 aliphatic rings. The zero-order valence-corrected chi connectivity index (χ0v) is 15.4. The van der Waals surface area contributed by atoms with Crippen LogP contribution in [0.1, 0.15) is 46.1 Å². The van der Waals surface area contributed by atoms with Crippen molar-refractivity contribution in [1.82, 2.24) is 9.97 Å². The molecule has 0 saturated carbocycles. The normalized spacial score (nSPS) is 12.0. The van der Waals surface area contributed by atoms with Crippen LogP contribution in [0.2, 0.25) is 0 Å². The Hall–Kier alpha value is -2.43. The summed E-state index contributed by atoms with van der Waals surface area (Å²) in [7, 11) is 0. The molecular formula is C20H26N2O3. The van der Waals surface area contributed by atoms with Gasteiger partial charge >= 0.3 is 0 Å². The van der Waals surface area contributed by atoms with Crippen LogP contribution in [0.4, 0.5) is 0 Å². The molecule has 2 rings (SSSR count). The molecule has 2 aromatic rings. The fraction of sp³-hybridized carbons (Fsp3) is 0.450. The van der Waals surface area contributed by atoms with Crippen molar-refractivity contribution < 1.29 is 14.3 Å². The largest absolute Gasteiger partial charge is 0.474 e. The molecule has 1 aromatic heterocycles. The Labute approximate surface area is 149 Å². The van der Waals surface area contributed by atoms with E-state index in [-0.39, 0.29) is 11.9 Å². The number of rotatable bonds is 9. The number of carbonyl (C=O) groups excluding carboxylic acids is 1. The van der Waals surface area contributed by atoms with E-state index in [0.717, 1.165) is 12.8 Å². The Kier molecular flexibility index (Phi) is 6.92. The minimum Gasteiger partial charge on any atom is -0.474 e. The van der Waals surface area contributed by atoms with Gasteiger partial charge in [0.05, 0.1) is 18.5 Å². The fourth-order valence-corrected chi connectivity index (χ4v) is 2.51. The molecule has 5 nitrogen and oxygen atoms in total. The predicted octanol–water partition coefficient (Wildman–Crippen LogP) is 4.60. The number of hydrogen-bond donors (Lipinski definition) is 0. The molecule has 0 aliphatic carbocycles. The van der Waals surface area contributed by atoms with Gasteiger partial charge in [-0.1, -0.05) is 19.1 Å². The Bertz CT molecular complexity index is 666. The summed E-state index contributed by atoms with van der Waals surface area (Å²) in [6, 6.07) is 7.93. The molecule has 5 heteroatoms. The highest BCUT2D eigenvalue weighted by atomic mass is 16.5. The van der Waals surface area contributed by atoms with Crippen molar-refractivity contribution in [1.29, 1.82) is 0 Å². The van der Waals surface area contributed by atoms with Crippen LogP contribution in [-0.2, 0) is 11.2 Å². The lowest BCUT2D eigenvalue weighted by molar-refractivity contribution is -0.117. The summed E-state index contributed by atoms with van der Waals surface area (Å²) < 4.78 is 11.2. The summed E-state index contributed by atoms with van der Waals surface area (Å²) in [5.41, 5.74) is 1.23. The maximum Gasteiger partial charge on any atom is 0.238 e. The average molecular weight is 342 g/mol. The molecular weight excluding hydrogens is 316 g/mol. The molecule has 1 atom stereocenters. The van der Waals surface area contributed by atoms with Gasteiger partial charge in [0, 0.05) is 6.42 Å². The van der Waals surface area contributed by atoms with Crippen molar-refractivity contribution in [3.63, 3.8) is 0 Å². The van der Waals surface area contributed by atoms with Crippen LogP contribution >= 0.6 is 0 Å². The first-order valence-corrected chi connectivity index (χ1v) is 8.67. The molecule has 0 bridgehead atoms. The maximum absolute atomic E-state index is 11.1. The number of nitrogens with zero attached hydrogens (tertiary/aromatic N) is 2. The Morgan fingerprint density at radius 3 is 2.24 bits per heavy atom. The van der Waals surface area contributed by atoms with Gasteiger partial charge < -0.3 is 14.3 Å². The Balaban J connectivity index is 1.86. The topological polar surface area (TPSA) is 61.3 Å². The SMILES string of the molecule is CC(=O)CC(C)CCc1ccc(Oc2cnc(OC(C)C)cn2)cc1. The average Bonchev–Trinajstić information content (AvgIpc) is 2.55. The van der Waals surface area contributed by atoms with E-state index >= 15 is 0 Å². The van der Waals surface area contributed by atoms with Gasteiger partial charge in [-0.15, -0.1) is 0 Å². The minimum absolute atomic E-state index is 0.0618. The van der Waals surface area contributed by atoms with Crippen LogP contribution in [0.15, 0.2) is 36.7 Å². The third kappa shape index (κ3) is 6.91. The van der Waals surface area contributed by atoms with Gasteiger partial charge in [-0.3, -0.25) is 0 Å². The molecule has 0 radical (unpaired) electrons. The molecule has 0 saturated heterocycles. The van der Waals surface area contributed by atoms with Crippen LogP contribution in [0.3, 0.4) is 0 Å². The van der Waals surface area contributed by atoms with E-state index in [1.807, 2.05) is 38.1 Å². The van der Waals surface area contributed by atoms with Gasteiger partial charge in [0.1, 0.15) is 11.5 Å². The number of aromatic nitrogens is 2. The van der Waals surface area contributed by atoms with Gasteiger partial charge in [-0.25, -0.2) is 9.97 Å². The molecule has 1 heterocycles. The summed E-state index contributed by atoms with van der Waals surface area (Å²) >= 11 is 0. The third-order valence-corrected chi connectivity index (χ3v) is 3.67. The number of aryl methyl sites for hydroxylation is 1. The first-order chi connectivity index (χ1) is 11.9. The van der Waals surface area contributed by atoms with Crippen molar-refractivity contribution in [2.45, 2.75) is 53.1 Å². The zero-order valence-electron chi connectivity index (χ0n) is 15.4. The quantitative estimate of drug-likeness (QED) is 0.666.